The average molecular weight is 262 g/mol. The number of nitrogens with one attached hydrogen (secondary N) is 1. The molecule has 102 valence electrons. The van der Waals surface area contributed by atoms with Crippen LogP contribution in [0.25, 0.3) is 0 Å². The van der Waals surface area contributed by atoms with Gasteiger partial charge in [0.25, 0.3) is 0 Å². The van der Waals surface area contributed by atoms with E-state index in [1.807, 2.05) is 12.1 Å². The molecule has 0 saturated carbocycles. The molecule has 0 radical (unpaired) electrons. The molecule has 0 bridgehead atoms. The highest BCUT2D eigenvalue weighted by Gasteiger charge is 2.21. The predicted octanol–water partition coefficient (Wildman–Crippen LogP) is 2.25. The zero-order chi connectivity index (χ0) is 13.7. The van der Waals surface area contributed by atoms with E-state index in [2.05, 4.69) is 10.5 Å². The van der Waals surface area contributed by atoms with Gasteiger partial charge in [-0.1, -0.05) is 17.3 Å². The monoisotopic (exact) mass is 262 g/mol. The third-order valence-corrected chi connectivity index (χ3v) is 3.25. The quantitative estimate of drug-likeness (QED) is 0.498. The number of hydrogen-bond donors (Lipinski definition) is 2. The Morgan fingerprint density at radius 1 is 1.42 bits per heavy atom. The standard InChI is InChI=1S/C14H18N2O3/c1-10(16-18)11-4-6-13(7-5-11)15-14(17)12-3-2-8-19-9-12/h4-7,12,18H,2-3,8-9H2,1H3,(H,15,17). The maximum Gasteiger partial charge on any atom is 0.229 e. The minimum Gasteiger partial charge on any atom is -0.411 e. The van der Waals surface area contributed by atoms with Crippen LogP contribution >= 0.6 is 0 Å². The van der Waals surface area contributed by atoms with Gasteiger partial charge in [-0.25, -0.2) is 0 Å². The van der Waals surface area contributed by atoms with Crippen LogP contribution in [0, 0.1) is 5.92 Å². The lowest BCUT2D eigenvalue weighted by atomic mass is 10.0. The van der Waals surface area contributed by atoms with E-state index in [1.165, 1.54) is 0 Å². The van der Waals surface area contributed by atoms with Gasteiger partial charge < -0.3 is 15.3 Å². The molecule has 1 aliphatic rings. The van der Waals surface area contributed by atoms with Crippen molar-refractivity contribution in [2.24, 2.45) is 11.1 Å². The van der Waals surface area contributed by atoms with Crippen molar-refractivity contribution in [2.75, 3.05) is 18.5 Å². The Labute approximate surface area is 112 Å². The number of hydrogen-bond acceptors (Lipinski definition) is 4. The van der Waals surface area contributed by atoms with Crippen molar-refractivity contribution in [3.05, 3.63) is 29.8 Å². The van der Waals surface area contributed by atoms with Crippen molar-refractivity contribution in [3.8, 4) is 0 Å². The molecule has 1 saturated heterocycles. The van der Waals surface area contributed by atoms with Gasteiger partial charge in [-0.3, -0.25) is 4.79 Å². The second-order valence-corrected chi connectivity index (χ2v) is 4.67. The topological polar surface area (TPSA) is 70.9 Å². The lowest BCUT2D eigenvalue weighted by Gasteiger charge is -2.21. The van der Waals surface area contributed by atoms with Crippen LogP contribution < -0.4 is 5.32 Å². The molecule has 5 nitrogen and oxygen atoms in total. The SMILES string of the molecule is CC(=NO)c1ccc(NC(=O)C2CCCOC2)cc1. The summed E-state index contributed by atoms with van der Waals surface area (Å²) in [5.74, 6) is -0.0610. The number of rotatable bonds is 3. The first-order valence-corrected chi connectivity index (χ1v) is 6.38. The molecule has 2 N–H and O–H groups in total. The second-order valence-electron chi connectivity index (χ2n) is 4.67. The van der Waals surface area contributed by atoms with Crippen LogP contribution in [0.2, 0.25) is 0 Å². The van der Waals surface area contributed by atoms with Gasteiger partial charge >= 0.3 is 0 Å². The summed E-state index contributed by atoms with van der Waals surface area (Å²) in [6.07, 6.45) is 1.81. The van der Waals surface area contributed by atoms with E-state index in [4.69, 9.17) is 9.94 Å². The van der Waals surface area contributed by atoms with Gasteiger partial charge in [0.2, 0.25) is 5.91 Å². The summed E-state index contributed by atoms with van der Waals surface area (Å²) >= 11 is 0. The first kappa shape index (κ1) is 13.5. The minimum atomic E-state index is -0.0610. The summed E-state index contributed by atoms with van der Waals surface area (Å²) < 4.78 is 5.30. The smallest absolute Gasteiger partial charge is 0.229 e. The van der Waals surface area contributed by atoms with Gasteiger partial charge in [0.15, 0.2) is 0 Å². The molecular weight excluding hydrogens is 244 g/mol. The van der Waals surface area contributed by atoms with Crippen LogP contribution in [0.15, 0.2) is 29.4 Å². The van der Waals surface area contributed by atoms with Crippen molar-refractivity contribution in [1.29, 1.82) is 0 Å². The Bertz CT molecular complexity index is 462. The number of carbonyl (C=O) groups is 1. The fourth-order valence-electron chi connectivity index (χ4n) is 2.04. The maximum atomic E-state index is 12.0. The van der Waals surface area contributed by atoms with Crippen LogP contribution in [0.4, 0.5) is 5.69 Å². The normalized spacial score (nSPS) is 20.1. The molecule has 1 aromatic carbocycles. The lowest BCUT2D eigenvalue weighted by molar-refractivity contribution is -0.123. The Morgan fingerprint density at radius 2 is 2.16 bits per heavy atom. The predicted molar refractivity (Wildman–Crippen MR) is 72.6 cm³/mol. The van der Waals surface area contributed by atoms with Crippen molar-refractivity contribution in [2.45, 2.75) is 19.8 Å². The molecule has 19 heavy (non-hydrogen) atoms. The van der Waals surface area contributed by atoms with E-state index in [-0.39, 0.29) is 11.8 Å². The third kappa shape index (κ3) is 3.54. The lowest BCUT2D eigenvalue weighted by Crippen LogP contribution is -2.30. The highest BCUT2D eigenvalue weighted by atomic mass is 16.5. The Kier molecular flexibility index (Phi) is 4.52. The van der Waals surface area contributed by atoms with E-state index < -0.39 is 0 Å². The summed E-state index contributed by atoms with van der Waals surface area (Å²) in [6, 6.07) is 7.21. The molecule has 2 rings (SSSR count). The minimum absolute atomic E-state index is 0.00000257. The maximum absolute atomic E-state index is 12.0. The number of carbonyl (C=O) groups excluding carboxylic acids is 1. The first-order valence-electron chi connectivity index (χ1n) is 6.38. The second kappa shape index (κ2) is 6.33. The number of nitrogens with zero attached hydrogens (tertiary/aromatic N) is 1. The van der Waals surface area contributed by atoms with Gasteiger partial charge in [0.05, 0.1) is 18.2 Å². The van der Waals surface area contributed by atoms with Gasteiger partial charge in [0.1, 0.15) is 0 Å². The van der Waals surface area contributed by atoms with E-state index in [0.29, 0.717) is 12.3 Å². The Balaban J connectivity index is 1.97. The van der Waals surface area contributed by atoms with Crippen LogP contribution in [-0.4, -0.2) is 30.0 Å². The Hall–Kier alpha value is -1.88. The summed E-state index contributed by atoms with van der Waals surface area (Å²) in [5.41, 5.74) is 2.10. The van der Waals surface area contributed by atoms with E-state index >= 15 is 0 Å². The molecule has 1 aliphatic heterocycles. The third-order valence-electron chi connectivity index (χ3n) is 3.25. The average Bonchev–Trinajstić information content (AvgIpc) is 2.48. The molecule has 1 atom stereocenters. The van der Waals surface area contributed by atoms with Gasteiger partial charge in [0, 0.05) is 12.3 Å². The fourth-order valence-corrected chi connectivity index (χ4v) is 2.04. The largest absolute Gasteiger partial charge is 0.411 e. The van der Waals surface area contributed by atoms with Crippen LogP contribution in [0.3, 0.4) is 0 Å². The summed E-state index contributed by atoms with van der Waals surface area (Å²) in [5, 5.41) is 14.7. The molecule has 5 heteroatoms. The molecule has 1 aromatic rings. The highest BCUT2D eigenvalue weighted by molar-refractivity contribution is 5.99. The summed E-state index contributed by atoms with van der Waals surface area (Å²) in [4.78, 5) is 12.0. The molecule has 0 aromatic heterocycles. The number of anilines is 1. The van der Waals surface area contributed by atoms with Crippen molar-refractivity contribution < 1.29 is 14.7 Å². The number of benzene rings is 1. The summed E-state index contributed by atoms with van der Waals surface area (Å²) in [7, 11) is 0. The first-order chi connectivity index (χ1) is 9.20. The van der Waals surface area contributed by atoms with Crippen molar-refractivity contribution in [3.63, 3.8) is 0 Å². The zero-order valence-electron chi connectivity index (χ0n) is 10.9. The van der Waals surface area contributed by atoms with Crippen LogP contribution in [0.5, 0.6) is 0 Å². The van der Waals surface area contributed by atoms with Crippen molar-refractivity contribution in [1.82, 2.24) is 0 Å². The van der Waals surface area contributed by atoms with Crippen LogP contribution in [-0.2, 0) is 9.53 Å². The van der Waals surface area contributed by atoms with Gasteiger partial charge in [-0.15, -0.1) is 0 Å². The fraction of sp³-hybridized carbons (Fsp3) is 0.429. The molecular formula is C14H18N2O3. The van der Waals surface area contributed by atoms with Gasteiger partial charge in [-0.2, -0.15) is 0 Å². The highest BCUT2D eigenvalue weighted by Crippen LogP contribution is 2.17. The molecule has 0 aliphatic carbocycles. The molecule has 1 amide bonds. The number of ether oxygens (including phenoxy) is 1. The molecule has 0 spiro atoms. The number of oxime groups is 1. The van der Waals surface area contributed by atoms with Crippen LogP contribution in [0.1, 0.15) is 25.3 Å². The number of amides is 1. The Morgan fingerprint density at radius 3 is 2.74 bits per heavy atom. The molecule has 1 heterocycles. The molecule has 1 fully saturated rings. The molecule has 1 unspecified atom stereocenters. The van der Waals surface area contributed by atoms with E-state index in [1.54, 1.807) is 19.1 Å². The summed E-state index contributed by atoms with van der Waals surface area (Å²) in [6.45, 7) is 2.96. The van der Waals surface area contributed by atoms with Gasteiger partial charge in [-0.05, 0) is 37.5 Å². The van der Waals surface area contributed by atoms with Crippen molar-refractivity contribution >= 4 is 17.3 Å². The van der Waals surface area contributed by atoms with E-state index in [9.17, 15) is 4.79 Å². The zero-order valence-corrected chi connectivity index (χ0v) is 10.9. The van der Waals surface area contributed by atoms with E-state index in [0.717, 1.165) is 30.7 Å².